The number of ether oxygens (including phenoxy) is 1. The number of carboxylic acids is 1. The molecule has 0 saturated carbocycles. The first-order valence-electron chi connectivity index (χ1n) is 7.68. The number of hydrogen-bond acceptors (Lipinski definition) is 3. The van der Waals surface area contributed by atoms with Crippen molar-refractivity contribution in [3.05, 3.63) is 58.7 Å². The maximum atomic E-state index is 12.1. The summed E-state index contributed by atoms with van der Waals surface area (Å²) in [6.45, 7) is 3.59. The fourth-order valence-electron chi connectivity index (χ4n) is 2.48. The normalized spacial score (nSPS) is 10.3. The van der Waals surface area contributed by atoms with E-state index in [1.807, 2.05) is 31.2 Å². The van der Waals surface area contributed by atoms with Crippen LogP contribution < -0.4 is 10.1 Å². The topological polar surface area (TPSA) is 75.6 Å². The van der Waals surface area contributed by atoms with Gasteiger partial charge in [0.05, 0.1) is 12.7 Å². The highest BCUT2D eigenvalue weighted by Gasteiger charge is 2.12. The number of nitrogens with one attached hydrogen (secondary N) is 1. The number of rotatable bonds is 6. The lowest BCUT2D eigenvalue weighted by Gasteiger charge is -2.11. The van der Waals surface area contributed by atoms with E-state index in [0.717, 1.165) is 16.9 Å². The molecule has 0 atom stereocenters. The summed E-state index contributed by atoms with van der Waals surface area (Å²) in [5.74, 6) is -0.366. The molecule has 2 N–H and O–H groups in total. The van der Waals surface area contributed by atoms with E-state index in [1.54, 1.807) is 20.1 Å². The molecular formula is C19H21NO4. The molecule has 2 rings (SSSR count). The second kappa shape index (κ2) is 7.64. The van der Waals surface area contributed by atoms with Crippen LogP contribution in [-0.4, -0.2) is 24.1 Å². The number of carbonyl (C=O) groups is 2. The average Bonchev–Trinajstić information content (AvgIpc) is 2.55. The first kappa shape index (κ1) is 17.5. The van der Waals surface area contributed by atoms with Crippen molar-refractivity contribution in [1.29, 1.82) is 0 Å². The maximum Gasteiger partial charge on any atom is 0.336 e. The number of aromatic carboxylic acids is 1. The lowest BCUT2D eigenvalue weighted by Crippen LogP contribution is -2.14. The molecule has 0 aliphatic rings. The van der Waals surface area contributed by atoms with Gasteiger partial charge in [-0.25, -0.2) is 4.79 Å². The van der Waals surface area contributed by atoms with Crippen molar-refractivity contribution >= 4 is 17.6 Å². The van der Waals surface area contributed by atoms with Crippen molar-refractivity contribution in [2.75, 3.05) is 12.4 Å². The van der Waals surface area contributed by atoms with Crippen LogP contribution in [0.2, 0.25) is 0 Å². The number of methoxy groups -OCH3 is 1. The van der Waals surface area contributed by atoms with Crippen molar-refractivity contribution in [2.45, 2.75) is 26.7 Å². The summed E-state index contributed by atoms with van der Waals surface area (Å²) in [6.07, 6.45) is 0.925. The van der Waals surface area contributed by atoms with Gasteiger partial charge in [0.2, 0.25) is 5.91 Å². The molecule has 0 fully saturated rings. The highest BCUT2D eigenvalue weighted by molar-refractivity contribution is 5.95. The van der Waals surface area contributed by atoms with Gasteiger partial charge < -0.3 is 15.2 Å². The van der Waals surface area contributed by atoms with E-state index in [2.05, 4.69) is 5.32 Å². The van der Waals surface area contributed by atoms with Crippen LogP contribution in [0, 0.1) is 13.8 Å². The predicted octanol–water partition coefficient (Wildman–Crippen LogP) is 3.58. The minimum atomic E-state index is -0.999. The molecule has 0 radical (unpaired) electrons. The number of anilines is 1. The largest absolute Gasteiger partial charge is 0.497 e. The third kappa shape index (κ3) is 4.35. The molecule has 0 aliphatic carbocycles. The zero-order valence-corrected chi connectivity index (χ0v) is 14.1. The van der Waals surface area contributed by atoms with Crippen molar-refractivity contribution in [1.82, 2.24) is 0 Å². The fourth-order valence-corrected chi connectivity index (χ4v) is 2.48. The van der Waals surface area contributed by atoms with Crippen LogP contribution in [0.1, 0.15) is 33.5 Å². The van der Waals surface area contributed by atoms with Crippen LogP contribution in [0.15, 0.2) is 36.4 Å². The molecular weight excluding hydrogens is 306 g/mol. The Hall–Kier alpha value is -2.82. The smallest absolute Gasteiger partial charge is 0.336 e. The molecule has 0 saturated heterocycles. The van der Waals surface area contributed by atoms with Crippen molar-refractivity contribution in [3.63, 3.8) is 0 Å². The van der Waals surface area contributed by atoms with Crippen LogP contribution in [0.5, 0.6) is 5.75 Å². The molecule has 0 aromatic heterocycles. The van der Waals surface area contributed by atoms with Gasteiger partial charge in [-0.15, -0.1) is 0 Å². The Morgan fingerprint density at radius 3 is 2.33 bits per heavy atom. The Kier molecular flexibility index (Phi) is 5.58. The molecule has 24 heavy (non-hydrogen) atoms. The average molecular weight is 327 g/mol. The minimum Gasteiger partial charge on any atom is -0.497 e. The number of aryl methyl sites for hydroxylation is 3. The molecule has 0 aliphatic heterocycles. The SMILES string of the molecule is COc1ccc(CCC(=O)Nc2cc(C(=O)O)c(C)cc2C)cc1. The summed E-state index contributed by atoms with van der Waals surface area (Å²) in [4.78, 5) is 23.4. The molecule has 5 heteroatoms. The summed E-state index contributed by atoms with van der Waals surface area (Å²) < 4.78 is 5.10. The van der Waals surface area contributed by atoms with E-state index in [1.165, 1.54) is 6.07 Å². The molecule has 126 valence electrons. The monoisotopic (exact) mass is 327 g/mol. The van der Waals surface area contributed by atoms with Gasteiger partial charge in [-0.3, -0.25) is 4.79 Å². The molecule has 1 amide bonds. The predicted molar refractivity (Wildman–Crippen MR) is 92.8 cm³/mol. The van der Waals surface area contributed by atoms with Gasteiger partial charge in [0.1, 0.15) is 5.75 Å². The lowest BCUT2D eigenvalue weighted by molar-refractivity contribution is -0.116. The van der Waals surface area contributed by atoms with Crippen molar-refractivity contribution < 1.29 is 19.4 Å². The van der Waals surface area contributed by atoms with Crippen LogP contribution in [-0.2, 0) is 11.2 Å². The Labute approximate surface area is 141 Å². The highest BCUT2D eigenvalue weighted by Crippen LogP contribution is 2.21. The second-order valence-electron chi connectivity index (χ2n) is 5.68. The quantitative estimate of drug-likeness (QED) is 0.850. The van der Waals surface area contributed by atoms with E-state index in [4.69, 9.17) is 4.74 Å². The maximum absolute atomic E-state index is 12.1. The molecule has 2 aromatic rings. The van der Waals surface area contributed by atoms with E-state index >= 15 is 0 Å². The summed E-state index contributed by atoms with van der Waals surface area (Å²) in [7, 11) is 1.61. The summed E-state index contributed by atoms with van der Waals surface area (Å²) in [6, 6.07) is 10.8. The Morgan fingerprint density at radius 1 is 1.08 bits per heavy atom. The van der Waals surface area contributed by atoms with Crippen LogP contribution in [0.25, 0.3) is 0 Å². The number of carbonyl (C=O) groups excluding carboxylic acids is 1. The first-order valence-corrected chi connectivity index (χ1v) is 7.68. The van der Waals surface area contributed by atoms with Gasteiger partial charge in [-0.05, 0) is 55.2 Å². The number of carboxylic acid groups (broad SMARTS) is 1. The van der Waals surface area contributed by atoms with Crippen molar-refractivity contribution in [2.24, 2.45) is 0 Å². The Morgan fingerprint density at radius 2 is 1.75 bits per heavy atom. The zero-order chi connectivity index (χ0) is 17.7. The molecule has 2 aromatic carbocycles. The molecule has 0 heterocycles. The third-order valence-electron chi connectivity index (χ3n) is 3.88. The van der Waals surface area contributed by atoms with E-state index in [-0.39, 0.29) is 11.5 Å². The van der Waals surface area contributed by atoms with Gasteiger partial charge in [-0.1, -0.05) is 18.2 Å². The van der Waals surface area contributed by atoms with Crippen molar-refractivity contribution in [3.8, 4) is 5.75 Å². The van der Waals surface area contributed by atoms with Gasteiger partial charge in [-0.2, -0.15) is 0 Å². The Bertz CT molecular complexity index is 751. The number of amides is 1. The minimum absolute atomic E-state index is 0.144. The first-order chi connectivity index (χ1) is 11.4. The van der Waals surface area contributed by atoms with E-state index in [0.29, 0.717) is 24.1 Å². The van der Waals surface area contributed by atoms with Gasteiger partial charge in [0.25, 0.3) is 0 Å². The highest BCUT2D eigenvalue weighted by atomic mass is 16.5. The van der Waals surface area contributed by atoms with E-state index < -0.39 is 5.97 Å². The third-order valence-corrected chi connectivity index (χ3v) is 3.88. The lowest BCUT2D eigenvalue weighted by atomic mass is 10.0. The van der Waals surface area contributed by atoms with E-state index in [9.17, 15) is 14.7 Å². The summed E-state index contributed by atoms with van der Waals surface area (Å²) >= 11 is 0. The summed E-state index contributed by atoms with van der Waals surface area (Å²) in [5.41, 5.74) is 3.30. The van der Waals surface area contributed by atoms with Crippen LogP contribution in [0.3, 0.4) is 0 Å². The standard InChI is InChI=1S/C19H21NO4/c1-12-10-13(2)17(11-16(12)19(22)23)20-18(21)9-6-14-4-7-15(24-3)8-5-14/h4-5,7-8,10-11H,6,9H2,1-3H3,(H,20,21)(H,22,23). The fraction of sp³-hybridized carbons (Fsp3) is 0.263. The molecule has 0 spiro atoms. The summed E-state index contributed by atoms with van der Waals surface area (Å²) in [5, 5.41) is 12.0. The van der Waals surface area contributed by atoms with Crippen LogP contribution >= 0.6 is 0 Å². The number of hydrogen-bond donors (Lipinski definition) is 2. The molecule has 5 nitrogen and oxygen atoms in total. The molecule has 0 unspecified atom stereocenters. The van der Waals surface area contributed by atoms with Gasteiger partial charge in [0, 0.05) is 12.1 Å². The Balaban J connectivity index is 2.01. The number of benzene rings is 2. The van der Waals surface area contributed by atoms with Gasteiger partial charge >= 0.3 is 5.97 Å². The molecule has 0 bridgehead atoms. The second-order valence-corrected chi connectivity index (χ2v) is 5.68. The van der Waals surface area contributed by atoms with Crippen LogP contribution in [0.4, 0.5) is 5.69 Å². The van der Waals surface area contributed by atoms with Gasteiger partial charge in [0.15, 0.2) is 0 Å². The zero-order valence-electron chi connectivity index (χ0n) is 14.1.